The molecule has 0 radical (unpaired) electrons. The van der Waals surface area contributed by atoms with Crippen LogP contribution in [-0.2, 0) is 9.53 Å². The van der Waals surface area contributed by atoms with Gasteiger partial charge in [0.2, 0.25) is 5.91 Å². The molecule has 3 rings (SSSR count). The minimum atomic E-state index is -0.224. The van der Waals surface area contributed by atoms with Crippen molar-refractivity contribution in [1.82, 2.24) is 0 Å². The van der Waals surface area contributed by atoms with Crippen molar-refractivity contribution in [3.63, 3.8) is 0 Å². The van der Waals surface area contributed by atoms with Crippen LogP contribution in [0.2, 0.25) is 0 Å². The second kappa shape index (κ2) is 10.6. The predicted molar refractivity (Wildman–Crippen MR) is 121 cm³/mol. The van der Waals surface area contributed by atoms with Crippen molar-refractivity contribution in [3.05, 3.63) is 52.5 Å². The first-order chi connectivity index (χ1) is 14.4. The molecule has 0 aliphatic carbocycles. The topological polar surface area (TPSA) is 76.7 Å². The Balaban J connectivity index is 1.54. The van der Waals surface area contributed by atoms with Gasteiger partial charge in [-0.2, -0.15) is 0 Å². The molecule has 1 saturated heterocycles. The molecule has 2 aromatic carbocycles. The molecule has 0 aromatic heterocycles. The van der Waals surface area contributed by atoms with Crippen LogP contribution in [0, 0.1) is 5.92 Å². The van der Waals surface area contributed by atoms with Crippen molar-refractivity contribution >= 4 is 39.1 Å². The number of anilines is 2. The third-order valence-corrected chi connectivity index (χ3v) is 5.28. The second-order valence-corrected chi connectivity index (χ2v) is 8.62. The lowest BCUT2D eigenvalue weighted by Gasteiger charge is -2.13. The van der Waals surface area contributed by atoms with Crippen molar-refractivity contribution < 1.29 is 19.1 Å². The number of carbonyl (C=O) groups is 2. The largest absolute Gasteiger partial charge is 0.490 e. The summed E-state index contributed by atoms with van der Waals surface area (Å²) in [6.45, 7) is 5.29. The van der Waals surface area contributed by atoms with E-state index in [1.54, 1.807) is 42.5 Å². The van der Waals surface area contributed by atoms with Gasteiger partial charge >= 0.3 is 0 Å². The van der Waals surface area contributed by atoms with Gasteiger partial charge in [0.1, 0.15) is 12.4 Å². The fraction of sp³-hybridized carbons (Fsp3) is 0.391. The van der Waals surface area contributed by atoms with E-state index in [2.05, 4.69) is 26.6 Å². The summed E-state index contributed by atoms with van der Waals surface area (Å²) in [4.78, 5) is 24.4. The molecule has 6 nitrogen and oxygen atoms in total. The van der Waals surface area contributed by atoms with Gasteiger partial charge in [-0.05, 0) is 77.2 Å². The summed E-state index contributed by atoms with van der Waals surface area (Å²) in [6, 6.07) is 12.3. The van der Waals surface area contributed by atoms with E-state index in [1.165, 1.54) is 0 Å². The quantitative estimate of drug-likeness (QED) is 0.547. The molecule has 0 bridgehead atoms. The van der Waals surface area contributed by atoms with E-state index in [4.69, 9.17) is 9.47 Å². The van der Waals surface area contributed by atoms with E-state index >= 15 is 0 Å². The number of ether oxygens (including phenoxy) is 2. The number of carbonyl (C=O) groups excluding carboxylic acids is 2. The van der Waals surface area contributed by atoms with Gasteiger partial charge in [0.25, 0.3) is 5.91 Å². The summed E-state index contributed by atoms with van der Waals surface area (Å²) in [5.41, 5.74) is 1.87. The van der Waals surface area contributed by atoms with Crippen LogP contribution < -0.4 is 15.4 Å². The average molecular weight is 475 g/mol. The maximum atomic E-state index is 12.6. The normalized spacial score (nSPS) is 15.8. The molecule has 0 spiro atoms. The highest BCUT2D eigenvalue weighted by Gasteiger charge is 2.17. The maximum Gasteiger partial charge on any atom is 0.255 e. The first-order valence-electron chi connectivity index (χ1n) is 10.2. The summed E-state index contributed by atoms with van der Waals surface area (Å²) >= 11 is 3.47. The monoisotopic (exact) mass is 474 g/mol. The van der Waals surface area contributed by atoms with E-state index in [0.29, 0.717) is 41.6 Å². The van der Waals surface area contributed by atoms with Crippen molar-refractivity contribution in [3.8, 4) is 5.75 Å². The van der Waals surface area contributed by atoms with Gasteiger partial charge in [-0.3, -0.25) is 9.59 Å². The zero-order valence-corrected chi connectivity index (χ0v) is 18.8. The highest BCUT2D eigenvalue weighted by molar-refractivity contribution is 9.10. The van der Waals surface area contributed by atoms with Gasteiger partial charge in [0.15, 0.2) is 0 Å². The predicted octanol–water partition coefficient (Wildman–Crippen LogP) is 5.24. The Morgan fingerprint density at radius 2 is 1.83 bits per heavy atom. The lowest BCUT2D eigenvalue weighted by Crippen LogP contribution is -2.17. The summed E-state index contributed by atoms with van der Waals surface area (Å²) in [6.07, 6.45) is 2.69. The standard InChI is InChI=1S/C23H27BrN2O4/c1-15(2)12-22(27)25-17-6-8-18(9-7-17)26-23(28)16-5-10-21(20(24)13-16)30-14-19-4-3-11-29-19/h5-10,13,15,19H,3-4,11-12,14H2,1-2H3,(H,25,27)(H,26,28). The van der Waals surface area contributed by atoms with Gasteiger partial charge in [-0.25, -0.2) is 0 Å². The smallest absolute Gasteiger partial charge is 0.255 e. The molecule has 2 aromatic rings. The Morgan fingerprint density at radius 1 is 1.13 bits per heavy atom. The van der Waals surface area contributed by atoms with Gasteiger partial charge in [-0.1, -0.05) is 13.8 Å². The summed E-state index contributed by atoms with van der Waals surface area (Å²) < 4.78 is 12.1. The van der Waals surface area contributed by atoms with Crippen LogP contribution in [0.3, 0.4) is 0 Å². The van der Waals surface area contributed by atoms with Crippen LogP contribution in [0.4, 0.5) is 11.4 Å². The maximum absolute atomic E-state index is 12.6. The molecule has 1 atom stereocenters. The van der Waals surface area contributed by atoms with Gasteiger partial charge < -0.3 is 20.1 Å². The van der Waals surface area contributed by atoms with Crippen LogP contribution in [-0.4, -0.2) is 31.1 Å². The highest BCUT2D eigenvalue weighted by Crippen LogP contribution is 2.27. The van der Waals surface area contributed by atoms with E-state index in [1.807, 2.05) is 13.8 Å². The highest BCUT2D eigenvalue weighted by atomic mass is 79.9. The Kier molecular flexibility index (Phi) is 7.87. The lowest BCUT2D eigenvalue weighted by molar-refractivity contribution is -0.116. The van der Waals surface area contributed by atoms with Crippen LogP contribution in [0.25, 0.3) is 0 Å². The number of amides is 2. The first-order valence-corrected chi connectivity index (χ1v) is 10.9. The van der Waals surface area contributed by atoms with Crippen molar-refractivity contribution in [2.75, 3.05) is 23.8 Å². The zero-order chi connectivity index (χ0) is 21.5. The fourth-order valence-electron chi connectivity index (χ4n) is 3.14. The molecule has 1 aliphatic rings. The molecule has 2 N–H and O–H groups in total. The van der Waals surface area contributed by atoms with E-state index in [0.717, 1.165) is 23.9 Å². The van der Waals surface area contributed by atoms with Gasteiger partial charge in [0, 0.05) is 30.0 Å². The number of hydrogen-bond acceptors (Lipinski definition) is 4. The molecular weight excluding hydrogens is 448 g/mol. The van der Waals surface area contributed by atoms with Crippen molar-refractivity contribution in [2.45, 2.75) is 39.2 Å². The zero-order valence-electron chi connectivity index (χ0n) is 17.2. The lowest BCUT2D eigenvalue weighted by atomic mass is 10.1. The second-order valence-electron chi connectivity index (χ2n) is 7.77. The molecule has 160 valence electrons. The average Bonchev–Trinajstić information content (AvgIpc) is 3.21. The first kappa shape index (κ1) is 22.3. The SMILES string of the molecule is CC(C)CC(=O)Nc1ccc(NC(=O)c2ccc(OCC3CCCO3)c(Br)c2)cc1. The molecular formula is C23H27BrN2O4. The number of halogens is 1. The van der Waals surface area contributed by atoms with Crippen LogP contribution in [0.15, 0.2) is 46.9 Å². The molecule has 30 heavy (non-hydrogen) atoms. The molecule has 1 unspecified atom stereocenters. The minimum Gasteiger partial charge on any atom is -0.490 e. The number of nitrogens with one attached hydrogen (secondary N) is 2. The van der Waals surface area contributed by atoms with Crippen LogP contribution in [0.5, 0.6) is 5.75 Å². The number of hydrogen-bond donors (Lipinski definition) is 2. The van der Waals surface area contributed by atoms with E-state index in [9.17, 15) is 9.59 Å². The number of rotatable bonds is 8. The van der Waals surface area contributed by atoms with Crippen molar-refractivity contribution in [1.29, 1.82) is 0 Å². The van der Waals surface area contributed by atoms with Crippen LogP contribution in [0.1, 0.15) is 43.5 Å². The van der Waals surface area contributed by atoms with Crippen LogP contribution >= 0.6 is 15.9 Å². The molecule has 2 amide bonds. The summed E-state index contributed by atoms with van der Waals surface area (Å²) in [5, 5.41) is 5.71. The molecule has 1 aliphatic heterocycles. The van der Waals surface area contributed by atoms with Gasteiger partial charge in [0.05, 0.1) is 10.6 Å². The fourth-order valence-corrected chi connectivity index (χ4v) is 3.63. The van der Waals surface area contributed by atoms with Gasteiger partial charge in [-0.15, -0.1) is 0 Å². The molecule has 1 heterocycles. The Labute approximate surface area is 185 Å². The summed E-state index contributed by atoms with van der Waals surface area (Å²) in [5.74, 6) is 0.741. The molecule has 0 saturated carbocycles. The molecule has 1 fully saturated rings. The van der Waals surface area contributed by atoms with E-state index in [-0.39, 0.29) is 17.9 Å². The Bertz CT molecular complexity index is 877. The van der Waals surface area contributed by atoms with Crippen molar-refractivity contribution in [2.24, 2.45) is 5.92 Å². The Morgan fingerprint density at radius 3 is 2.43 bits per heavy atom. The third kappa shape index (κ3) is 6.57. The number of benzene rings is 2. The minimum absolute atomic E-state index is 0.0200. The van der Waals surface area contributed by atoms with E-state index < -0.39 is 0 Å². The summed E-state index contributed by atoms with van der Waals surface area (Å²) in [7, 11) is 0. The molecule has 7 heteroatoms. The third-order valence-electron chi connectivity index (χ3n) is 4.66. The Hall–Kier alpha value is -2.38.